The third-order valence-corrected chi connectivity index (χ3v) is 6.83. The predicted octanol–water partition coefficient (Wildman–Crippen LogP) is 2.04. The van der Waals surface area contributed by atoms with Crippen molar-refractivity contribution in [3.8, 4) is 11.4 Å². The molecule has 0 fully saturated rings. The molecule has 1 aromatic heterocycles. The number of rotatable bonds is 9. The molecule has 31 heavy (non-hydrogen) atoms. The summed E-state index contributed by atoms with van der Waals surface area (Å²) in [5.41, 5.74) is 1.17. The molecule has 0 aliphatic heterocycles. The second-order valence-corrected chi connectivity index (χ2v) is 9.52. The number of nitrogens with zero attached hydrogens (tertiary/aromatic N) is 5. The van der Waals surface area contributed by atoms with E-state index in [-0.39, 0.29) is 16.6 Å². The van der Waals surface area contributed by atoms with Gasteiger partial charge < -0.3 is 10.1 Å². The van der Waals surface area contributed by atoms with Crippen LogP contribution in [0.2, 0.25) is 0 Å². The highest BCUT2D eigenvalue weighted by Crippen LogP contribution is 2.26. The lowest BCUT2D eigenvalue weighted by Crippen LogP contribution is -2.22. The van der Waals surface area contributed by atoms with Crippen LogP contribution >= 0.6 is 11.8 Å². The Morgan fingerprint density at radius 3 is 2.55 bits per heavy atom. The fraction of sp³-hybridized carbons (Fsp3) is 0.263. The topological polar surface area (TPSA) is 119 Å². The summed E-state index contributed by atoms with van der Waals surface area (Å²) in [4.78, 5) is 12.5. The maximum atomic E-state index is 12.4. The third-order valence-electron chi connectivity index (χ3n) is 4.08. The van der Waals surface area contributed by atoms with Gasteiger partial charge in [0, 0.05) is 19.8 Å². The van der Waals surface area contributed by atoms with Gasteiger partial charge in [-0.25, -0.2) is 12.7 Å². The third kappa shape index (κ3) is 5.40. The van der Waals surface area contributed by atoms with Gasteiger partial charge in [-0.1, -0.05) is 23.9 Å². The Morgan fingerprint density at radius 1 is 1.16 bits per heavy atom. The van der Waals surface area contributed by atoms with Crippen LogP contribution in [0.1, 0.15) is 6.92 Å². The van der Waals surface area contributed by atoms with Gasteiger partial charge in [0.1, 0.15) is 11.4 Å². The number of amides is 1. The smallest absolute Gasteiger partial charge is 0.242 e. The number of carbonyl (C=O) groups is 1. The Hall–Kier alpha value is -2.96. The Bertz CT molecular complexity index is 1150. The Labute approximate surface area is 184 Å². The zero-order chi connectivity index (χ0) is 22.4. The number of tetrazole rings is 1. The summed E-state index contributed by atoms with van der Waals surface area (Å²) in [5.74, 6) is 0.423. The quantitative estimate of drug-likeness (QED) is 0.480. The van der Waals surface area contributed by atoms with Gasteiger partial charge >= 0.3 is 0 Å². The van der Waals surface area contributed by atoms with Crippen LogP contribution in [0.3, 0.4) is 0 Å². The van der Waals surface area contributed by atoms with Gasteiger partial charge in [-0.05, 0) is 53.7 Å². The number of ether oxygens (including phenoxy) is 1. The van der Waals surface area contributed by atoms with E-state index in [0.29, 0.717) is 28.9 Å². The SMILES string of the molecule is CCOc1ccccc1-n1nnnc1SCC(=O)Nc1ccc(S(=O)(=O)N(C)C)cc1. The molecule has 164 valence electrons. The van der Waals surface area contributed by atoms with Crippen LogP contribution in [0, 0.1) is 0 Å². The number of hydrogen-bond donors (Lipinski definition) is 1. The molecule has 2 aromatic carbocycles. The van der Waals surface area contributed by atoms with E-state index in [4.69, 9.17) is 4.74 Å². The second-order valence-electron chi connectivity index (χ2n) is 6.42. The number of nitrogens with one attached hydrogen (secondary N) is 1. The maximum Gasteiger partial charge on any atom is 0.242 e. The highest BCUT2D eigenvalue weighted by atomic mass is 32.2. The normalized spacial score (nSPS) is 11.5. The maximum absolute atomic E-state index is 12.4. The van der Waals surface area contributed by atoms with Gasteiger partial charge in [0.05, 0.1) is 17.3 Å². The summed E-state index contributed by atoms with van der Waals surface area (Å²) in [6, 6.07) is 13.3. The lowest BCUT2D eigenvalue weighted by molar-refractivity contribution is -0.113. The average Bonchev–Trinajstić information content (AvgIpc) is 3.21. The predicted molar refractivity (Wildman–Crippen MR) is 117 cm³/mol. The van der Waals surface area contributed by atoms with Crippen molar-refractivity contribution in [3.63, 3.8) is 0 Å². The average molecular weight is 463 g/mol. The molecule has 0 saturated carbocycles. The van der Waals surface area contributed by atoms with Crippen LogP contribution < -0.4 is 10.1 Å². The fourth-order valence-electron chi connectivity index (χ4n) is 2.58. The van der Waals surface area contributed by atoms with E-state index in [1.165, 1.54) is 42.7 Å². The van der Waals surface area contributed by atoms with Crippen LogP contribution in [-0.4, -0.2) is 65.3 Å². The summed E-state index contributed by atoms with van der Waals surface area (Å²) in [6.45, 7) is 2.39. The zero-order valence-electron chi connectivity index (χ0n) is 17.2. The lowest BCUT2D eigenvalue weighted by atomic mass is 10.3. The van der Waals surface area contributed by atoms with Crippen molar-refractivity contribution in [1.82, 2.24) is 24.5 Å². The van der Waals surface area contributed by atoms with Crippen molar-refractivity contribution in [2.45, 2.75) is 17.0 Å². The molecule has 10 nitrogen and oxygen atoms in total. The minimum Gasteiger partial charge on any atom is -0.492 e. The van der Waals surface area contributed by atoms with E-state index in [0.717, 1.165) is 4.31 Å². The lowest BCUT2D eigenvalue weighted by Gasteiger charge is -2.12. The molecule has 1 heterocycles. The minimum atomic E-state index is -3.52. The van der Waals surface area contributed by atoms with Crippen LogP contribution in [-0.2, 0) is 14.8 Å². The first-order chi connectivity index (χ1) is 14.8. The van der Waals surface area contributed by atoms with Crippen molar-refractivity contribution >= 4 is 33.4 Å². The number of hydrogen-bond acceptors (Lipinski definition) is 8. The molecule has 0 bridgehead atoms. The molecule has 3 rings (SSSR count). The summed E-state index contributed by atoms with van der Waals surface area (Å²) < 4.78 is 32.5. The van der Waals surface area contributed by atoms with Gasteiger partial charge in [-0.15, -0.1) is 5.10 Å². The molecule has 0 radical (unpaired) electrons. The molecule has 3 aromatic rings. The number of benzene rings is 2. The van der Waals surface area contributed by atoms with Gasteiger partial charge in [0.25, 0.3) is 0 Å². The number of sulfonamides is 1. The highest BCUT2D eigenvalue weighted by molar-refractivity contribution is 7.99. The van der Waals surface area contributed by atoms with Crippen molar-refractivity contribution in [2.75, 3.05) is 31.8 Å². The monoisotopic (exact) mass is 462 g/mol. The molecule has 0 aliphatic carbocycles. The Balaban J connectivity index is 1.65. The molecule has 0 atom stereocenters. The molecule has 0 spiro atoms. The first-order valence-electron chi connectivity index (χ1n) is 9.28. The van der Waals surface area contributed by atoms with Crippen LogP contribution in [0.25, 0.3) is 5.69 Å². The van der Waals surface area contributed by atoms with Crippen LogP contribution in [0.15, 0.2) is 58.6 Å². The largest absolute Gasteiger partial charge is 0.492 e. The molecular formula is C19H22N6O4S2. The summed E-state index contributed by atoms with van der Waals surface area (Å²) in [6.07, 6.45) is 0. The van der Waals surface area contributed by atoms with E-state index in [1.807, 2.05) is 31.2 Å². The minimum absolute atomic E-state index is 0.0644. The zero-order valence-corrected chi connectivity index (χ0v) is 18.9. The van der Waals surface area contributed by atoms with E-state index in [9.17, 15) is 13.2 Å². The highest BCUT2D eigenvalue weighted by Gasteiger charge is 2.17. The molecule has 0 unspecified atom stereocenters. The Morgan fingerprint density at radius 2 is 1.87 bits per heavy atom. The number of thioether (sulfide) groups is 1. The van der Waals surface area contributed by atoms with E-state index in [2.05, 4.69) is 20.8 Å². The van der Waals surface area contributed by atoms with Gasteiger partial charge in [-0.3, -0.25) is 4.79 Å². The second kappa shape index (κ2) is 9.90. The molecular weight excluding hydrogens is 440 g/mol. The summed E-state index contributed by atoms with van der Waals surface area (Å²) in [7, 11) is -0.598. The first kappa shape index (κ1) is 22.7. The Kier molecular flexibility index (Phi) is 7.25. The number of anilines is 1. The number of para-hydroxylation sites is 2. The summed E-state index contributed by atoms with van der Waals surface area (Å²) in [5, 5.41) is 14.9. The van der Waals surface area contributed by atoms with Gasteiger partial charge in [-0.2, -0.15) is 4.68 Å². The number of carbonyl (C=O) groups excluding carboxylic acids is 1. The molecule has 1 amide bonds. The van der Waals surface area contributed by atoms with Crippen molar-refractivity contribution < 1.29 is 17.9 Å². The number of aromatic nitrogens is 4. The van der Waals surface area contributed by atoms with Gasteiger partial charge in [0.2, 0.25) is 21.1 Å². The molecule has 12 heteroatoms. The first-order valence-corrected chi connectivity index (χ1v) is 11.7. The molecule has 0 saturated heterocycles. The van der Waals surface area contributed by atoms with Crippen molar-refractivity contribution in [3.05, 3.63) is 48.5 Å². The van der Waals surface area contributed by atoms with E-state index in [1.54, 1.807) is 12.1 Å². The molecule has 0 aliphatic rings. The van der Waals surface area contributed by atoms with Crippen LogP contribution in [0.4, 0.5) is 5.69 Å². The van der Waals surface area contributed by atoms with E-state index >= 15 is 0 Å². The van der Waals surface area contributed by atoms with Crippen molar-refractivity contribution in [2.24, 2.45) is 0 Å². The van der Waals surface area contributed by atoms with Gasteiger partial charge in [0.15, 0.2) is 0 Å². The molecule has 1 N–H and O–H groups in total. The van der Waals surface area contributed by atoms with Crippen molar-refractivity contribution in [1.29, 1.82) is 0 Å². The summed E-state index contributed by atoms with van der Waals surface area (Å²) >= 11 is 1.17. The van der Waals surface area contributed by atoms with Crippen LogP contribution in [0.5, 0.6) is 5.75 Å². The van der Waals surface area contributed by atoms with E-state index < -0.39 is 10.0 Å². The standard InChI is InChI=1S/C19H22N6O4S2/c1-4-29-17-8-6-5-7-16(17)25-19(21-22-23-25)30-13-18(26)20-14-9-11-15(12-10-14)31(27,28)24(2)3/h5-12H,4,13H2,1-3H3,(H,20,26). The fourth-order valence-corrected chi connectivity index (χ4v) is 4.16.